The van der Waals surface area contributed by atoms with Gasteiger partial charge >= 0.3 is 0 Å². The molecule has 1 spiro atoms. The predicted molar refractivity (Wildman–Crippen MR) is 278 cm³/mol. The number of para-hydroxylation sites is 6. The van der Waals surface area contributed by atoms with Gasteiger partial charge in [-0.3, -0.25) is 0 Å². The number of thiophene rings is 1. The maximum atomic E-state index is 2.53. The van der Waals surface area contributed by atoms with Crippen molar-refractivity contribution in [3.63, 3.8) is 0 Å². The van der Waals surface area contributed by atoms with E-state index in [2.05, 4.69) is 251 Å². The second-order valence-electron chi connectivity index (χ2n) is 17.2. The highest BCUT2D eigenvalue weighted by atomic mass is 32.2. The summed E-state index contributed by atoms with van der Waals surface area (Å²) in [6.45, 7) is 0. The average molecular weight is 878 g/mol. The summed E-state index contributed by atoms with van der Waals surface area (Å²) in [7, 11) is 0. The Kier molecular flexibility index (Phi) is 8.30. The third-order valence-electron chi connectivity index (χ3n) is 13.8. The Morgan fingerprint density at radius 3 is 1.70 bits per heavy atom. The van der Waals surface area contributed by atoms with E-state index in [-0.39, 0.29) is 0 Å². The van der Waals surface area contributed by atoms with Crippen molar-refractivity contribution >= 4 is 94.5 Å². The van der Waals surface area contributed by atoms with Crippen LogP contribution in [0.25, 0.3) is 31.3 Å². The normalized spacial score (nSPS) is 14.9. The SMILES string of the molecule is c1ccc(N(c2ccc3c(c2)sc2c(N(c4ccccc4)c4ccccc4)cccc23)c2cccc3c2-c2ccccc2C32c3ccccc3N3c4ccccc4Sc4cccc2c43)cc1. The van der Waals surface area contributed by atoms with Crippen molar-refractivity contribution < 1.29 is 0 Å². The molecule has 3 nitrogen and oxygen atoms in total. The Bertz CT molecular complexity index is 3680. The number of rotatable bonds is 6. The van der Waals surface area contributed by atoms with E-state index in [4.69, 9.17) is 0 Å². The predicted octanol–water partition coefficient (Wildman–Crippen LogP) is 17.6. The molecular weight excluding hydrogens is 839 g/mol. The van der Waals surface area contributed by atoms with Crippen molar-refractivity contribution in [1.29, 1.82) is 0 Å². The number of nitrogens with zero attached hydrogens (tertiary/aromatic N) is 3. The Balaban J connectivity index is 0.998. The van der Waals surface area contributed by atoms with E-state index in [1.807, 2.05) is 23.1 Å². The third-order valence-corrected chi connectivity index (χ3v) is 16.1. The van der Waals surface area contributed by atoms with E-state index < -0.39 is 5.41 Å². The van der Waals surface area contributed by atoms with Gasteiger partial charge < -0.3 is 14.7 Å². The topological polar surface area (TPSA) is 9.72 Å². The number of hydrogen-bond donors (Lipinski definition) is 0. The van der Waals surface area contributed by atoms with E-state index in [1.165, 1.54) is 86.1 Å². The Labute approximate surface area is 392 Å². The fraction of sp³-hybridized carbons (Fsp3) is 0.0164. The van der Waals surface area contributed by atoms with Crippen LogP contribution in [-0.2, 0) is 5.41 Å². The zero-order valence-electron chi connectivity index (χ0n) is 35.7. The van der Waals surface area contributed by atoms with Crippen molar-refractivity contribution in [2.45, 2.75) is 15.2 Å². The number of fused-ring (bicyclic) bond motifs is 14. The molecule has 0 radical (unpaired) electrons. The van der Waals surface area contributed by atoms with E-state index >= 15 is 0 Å². The minimum atomic E-state index is -0.551. The van der Waals surface area contributed by atoms with Crippen LogP contribution in [0.1, 0.15) is 22.3 Å². The molecule has 66 heavy (non-hydrogen) atoms. The van der Waals surface area contributed by atoms with Crippen molar-refractivity contribution in [3.05, 3.63) is 259 Å². The van der Waals surface area contributed by atoms with Crippen LogP contribution >= 0.6 is 23.1 Å². The van der Waals surface area contributed by atoms with Crippen LogP contribution in [0.4, 0.5) is 51.2 Å². The first kappa shape index (κ1) is 37.5. The molecule has 0 bridgehead atoms. The molecule has 0 amide bonds. The van der Waals surface area contributed by atoms with Crippen LogP contribution in [-0.4, -0.2) is 0 Å². The van der Waals surface area contributed by atoms with Crippen molar-refractivity contribution in [3.8, 4) is 11.1 Å². The van der Waals surface area contributed by atoms with Gasteiger partial charge in [0.05, 0.1) is 38.6 Å². The molecule has 2 aliphatic heterocycles. The molecule has 11 aromatic rings. The first-order valence-corrected chi connectivity index (χ1v) is 24.1. The second-order valence-corrected chi connectivity index (χ2v) is 19.3. The largest absolute Gasteiger partial charge is 0.310 e. The summed E-state index contributed by atoms with van der Waals surface area (Å²) in [5.41, 5.74) is 17.8. The van der Waals surface area contributed by atoms with Crippen LogP contribution in [0.15, 0.2) is 246 Å². The molecule has 3 heterocycles. The molecule has 1 atom stereocenters. The summed E-state index contributed by atoms with van der Waals surface area (Å²) in [4.78, 5) is 9.97. The first-order valence-electron chi connectivity index (χ1n) is 22.5. The maximum absolute atomic E-state index is 2.53. The number of hydrogen-bond acceptors (Lipinski definition) is 5. The van der Waals surface area contributed by atoms with Gasteiger partial charge in [0.25, 0.3) is 0 Å². The molecule has 3 aliphatic rings. The summed E-state index contributed by atoms with van der Waals surface area (Å²) in [6.07, 6.45) is 0. The number of benzene rings is 10. The van der Waals surface area contributed by atoms with Crippen LogP contribution in [0.2, 0.25) is 0 Å². The highest BCUT2D eigenvalue weighted by Gasteiger charge is 2.53. The first-order chi connectivity index (χ1) is 32.8. The van der Waals surface area contributed by atoms with Gasteiger partial charge in [0.2, 0.25) is 0 Å². The molecular formula is C61H39N3S2. The standard InChI is InChI=1S/C61H39N3S2/c1-4-19-40(20-5-1)62(41-21-6-2-7-22-41)54-34-16-26-45-44-38-37-43(39-57(44)66-60(45)54)63(42-23-8-3-9-24-42)53-33-17-29-49-58(53)46-25-10-11-27-47(46)61(49)48-28-12-13-31-51(48)64-52-32-14-15-35-55(52)65-56-36-18-30-50(61)59(56)64/h1-39H. The maximum Gasteiger partial charge on any atom is 0.0755 e. The molecule has 0 fully saturated rings. The lowest BCUT2D eigenvalue weighted by Crippen LogP contribution is -2.37. The van der Waals surface area contributed by atoms with Gasteiger partial charge in [0.15, 0.2) is 0 Å². The Hall–Kier alpha value is -7.83. The lowest BCUT2D eigenvalue weighted by molar-refractivity contribution is 0.746. The van der Waals surface area contributed by atoms with E-state index in [0.29, 0.717) is 0 Å². The van der Waals surface area contributed by atoms with E-state index in [9.17, 15) is 0 Å². The monoisotopic (exact) mass is 877 g/mol. The molecule has 1 aromatic heterocycles. The summed E-state index contributed by atoms with van der Waals surface area (Å²) >= 11 is 3.76. The second kappa shape index (κ2) is 14.6. The van der Waals surface area contributed by atoms with Gasteiger partial charge in [-0.05, 0) is 113 Å². The molecule has 10 aromatic carbocycles. The fourth-order valence-electron chi connectivity index (χ4n) is 11.2. The molecule has 0 saturated carbocycles. The quantitative estimate of drug-likeness (QED) is 0.165. The van der Waals surface area contributed by atoms with Crippen molar-refractivity contribution in [2.24, 2.45) is 0 Å². The van der Waals surface area contributed by atoms with Gasteiger partial charge in [0.1, 0.15) is 0 Å². The van der Waals surface area contributed by atoms with Gasteiger partial charge in [-0.25, -0.2) is 0 Å². The molecule has 5 heteroatoms. The minimum absolute atomic E-state index is 0.551. The van der Waals surface area contributed by atoms with Gasteiger partial charge in [-0.2, -0.15) is 0 Å². The zero-order chi connectivity index (χ0) is 43.3. The van der Waals surface area contributed by atoms with Crippen LogP contribution in [0.3, 0.4) is 0 Å². The van der Waals surface area contributed by atoms with E-state index in [1.54, 1.807) is 0 Å². The van der Waals surface area contributed by atoms with Gasteiger partial charge in [-0.1, -0.05) is 163 Å². The third kappa shape index (κ3) is 5.27. The highest BCUT2D eigenvalue weighted by molar-refractivity contribution is 7.99. The fourth-order valence-corrected chi connectivity index (χ4v) is 13.6. The minimum Gasteiger partial charge on any atom is -0.310 e. The Morgan fingerprint density at radius 2 is 0.939 bits per heavy atom. The Morgan fingerprint density at radius 1 is 0.379 bits per heavy atom. The van der Waals surface area contributed by atoms with Crippen LogP contribution in [0, 0.1) is 0 Å². The molecule has 0 saturated heterocycles. The number of anilines is 9. The lowest BCUT2D eigenvalue weighted by Gasteiger charge is -2.47. The van der Waals surface area contributed by atoms with Crippen molar-refractivity contribution in [1.82, 2.24) is 0 Å². The molecule has 1 unspecified atom stereocenters. The smallest absolute Gasteiger partial charge is 0.0755 e. The zero-order valence-corrected chi connectivity index (χ0v) is 37.3. The average Bonchev–Trinajstić information content (AvgIpc) is 3.91. The van der Waals surface area contributed by atoms with E-state index in [0.717, 1.165) is 28.4 Å². The highest BCUT2D eigenvalue weighted by Crippen LogP contribution is 2.68. The summed E-state index contributed by atoms with van der Waals surface area (Å²) in [6, 6.07) is 87.4. The summed E-state index contributed by atoms with van der Waals surface area (Å²) in [5, 5.41) is 2.52. The lowest BCUT2D eigenvalue weighted by atomic mass is 9.64. The summed E-state index contributed by atoms with van der Waals surface area (Å²) < 4.78 is 2.51. The molecule has 0 N–H and O–H groups in total. The summed E-state index contributed by atoms with van der Waals surface area (Å²) in [5.74, 6) is 0. The van der Waals surface area contributed by atoms with Crippen LogP contribution in [0.5, 0.6) is 0 Å². The molecule has 14 rings (SSSR count). The molecule has 1 aliphatic carbocycles. The van der Waals surface area contributed by atoms with Gasteiger partial charge in [0, 0.05) is 53.6 Å². The van der Waals surface area contributed by atoms with Gasteiger partial charge in [-0.15, -0.1) is 11.3 Å². The van der Waals surface area contributed by atoms with Crippen LogP contribution < -0.4 is 14.7 Å². The molecule has 310 valence electrons. The van der Waals surface area contributed by atoms with Crippen molar-refractivity contribution in [2.75, 3.05) is 14.7 Å².